The van der Waals surface area contributed by atoms with Crippen molar-refractivity contribution in [3.05, 3.63) is 94.5 Å². The highest BCUT2D eigenvalue weighted by molar-refractivity contribution is 6.26. The van der Waals surface area contributed by atoms with Gasteiger partial charge in [-0.15, -0.1) is 0 Å². The molecule has 3 aromatic rings. The molecule has 1 aliphatic rings. The van der Waals surface area contributed by atoms with E-state index < -0.39 is 0 Å². The van der Waals surface area contributed by atoms with Gasteiger partial charge in [0, 0.05) is 23.1 Å². The topological polar surface area (TPSA) is 57.9 Å². The third-order valence-electron chi connectivity index (χ3n) is 4.47. The molecule has 3 heteroatoms. The van der Waals surface area contributed by atoms with Crippen molar-refractivity contribution in [2.24, 2.45) is 0 Å². The summed E-state index contributed by atoms with van der Waals surface area (Å²) in [6.45, 7) is 0. The van der Waals surface area contributed by atoms with Crippen LogP contribution in [-0.4, -0.2) is 11.6 Å². The van der Waals surface area contributed by atoms with Crippen molar-refractivity contribution in [2.75, 3.05) is 0 Å². The van der Waals surface area contributed by atoms with E-state index in [4.69, 9.17) is 5.26 Å². The van der Waals surface area contributed by atoms with Gasteiger partial charge in [0.1, 0.15) is 0 Å². The van der Waals surface area contributed by atoms with Gasteiger partial charge in [0.05, 0.1) is 11.6 Å². The van der Waals surface area contributed by atoms with Crippen LogP contribution in [0.2, 0.25) is 0 Å². The van der Waals surface area contributed by atoms with E-state index in [1.807, 2.05) is 36.4 Å². The lowest BCUT2D eigenvalue weighted by Gasteiger charge is -2.07. The molecule has 0 radical (unpaired) electrons. The van der Waals surface area contributed by atoms with Gasteiger partial charge in [0.25, 0.3) is 0 Å². The first-order valence-corrected chi connectivity index (χ1v) is 7.98. The maximum atomic E-state index is 12.8. The lowest BCUT2D eigenvalue weighted by molar-refractivity contribution is 0.0977. The summed E-state index contributed by atoms with van der Waals surface area (Å²) in [6.07, 6.45) is 0.162. The number of rotatable bonds is 3. The Balaban J connectivity index is 1.75. The Morgan fingerprint density at radius 1 is 0.880 bits per heavy atom. The molecule has 1 aliphatic carbocycles. The normalized spacial score (nSPS) is 11.6. The first kappa shape index (κ1) is 15.0. The van der Waals surface area contributed by atoms with Gasteiger partial charge in [0.2, 0.25) is 0 Å². The molecule has 0 fully saturated rings. The molecule has 0 aliphatic heterocycles. The van der Waals surface area contributed by atoms with Crippen molar-refractivity contribution in [2.45, 2.75) is 6.42 Å². The van der Waals surface area contributed by atoms with Crippen LogP contribution in [0.3, 0.4) is 0 Å². The third-order valence-corrected chi connectivity index (χ3v) is 4.47. The number of hydrogen-bond acceptors (Lipinski definition) is 3. The smallest absolute Gasteiger partial charge is 0.195 e. The van der Waals surface area contributed by atoms with Crippen LogP contribution in [0.5, 0.6) is 0 Å². The summed E-state index contributed by atoms with van der Waals surface area (Å²) >= 11 is 0. The lowest BCUT2D eigenvalue weighted by atomic mass is 9.94. The zero-order valence-electron chi connectivity index (χ0n) is 13.3. The van der Waals surface area contributed by atoms with Gasteiger partial charge in [-0.25, -0.2) is 0 Å². The van der Waals surface area contributed by atoms with Crippen LogP contribution in [0.15, 0.2) is 66.7 Å². The van der Waals surface area contributed by atoms with E-state index in [1.54, 1.807) is 30.3 Å². The number of benzene rings is 3. The fourth-order valence-corrected chi connectivity index (χ4v) is 3.34. The predicted octanol–water partition coefficient (Wildman–Crippen LogP) is 4.20. The Morgan fingerprint density at radius 2 is 1.60 bits per heavy atom. The molecule has 0 atom stereocenters. The average Bonchev–Trinajstić information content (AvgIpc) is 2.95. The number of Topliss-reactive ketones (excluding diaryl/α,β-unsaturated/α-hetero) is 1. The Hall–Kier alpha value is -3.51. The summed E-state index contributed by atoms with van der Waals surface area (Å²) in [4.78, 5) is 25.6. The van der Waals surface area contributed by atoms with E-state index in [-0.39, 0.29) is 18.0 Å². The molecule has 0 heterocycles. The number of carbonyl (C=O) groups excluding carboxylic acids is 2. The average molecular weight is 323 g/mol. The maximum Gasteiger partial charge on any atom is 0.195 e. The van der Waals surface area contributed by atoms with Crippen molar-refractivity contribution >= 4 is 11.6 Å². The van der Waals surface area contributed by atoms with Crippen LogP contribution in [0, 0.1) is 11.3 Å². The minimum Gasteiger partial charge on any atom is -0.294 e. The second kappa shape index (κ2) is 5.85. The van der Waals surface area contributed by atoms with Crippen LogP contribution in [0.4, 0.5) is 0 Å². The van der Waals surface area contributed by atoms with E-state index in [0.29, 0.717) is 22.3 Å². The van der Waals surface area contributed by atoms with E-state index in [1.165, 1.54) is 0 Å². The molecule has 118 valence electrons. The summed E-state index contributed by atoms with van der Waals surface area (Å²) in [5, 5.41) is 9.00. The molecule has 0 N–H and O–H groups in total. The molecular weight excluding hydrogens is 310 g/mol. The minimum absolute atomic E-state index is 0.0969. The largest absolute Gasteiger partial charge is 0.294 e. The van der Waals surface area contributed by atoms with Gasteiger partial charge in [0.15, 0.2) is 11.6 Å². The molecule has 25 heavy (non-hydrogen) atoms. The monoisotopic (exact) mass is 323 g/mol. The summed E-state index contributed by atoms with van der Waals surface area (Å²) in [5.74, 6) is -0.214. The van der Waals surface area contributed by atoms with E-state index in [0.717, 1.165) is 16.7 Å². The highest BCUT2D eigenvalue weighted by Gasteiger charge is 2.30. The fraction of sp³-hybridized carbons (Fsp3) is 0.0455. The van der Waals surface area contributed by atoms with Crippen molar-refractivity contribution in [3.8, 4) is 17.2 Å². The van der Waals surface area contributed by atoms with Gasteiger partial charge >= 0.3 is 0 Å². The number of hydrogen-bond donors (Lipinski definition) is 0. The van der Waals surface area contributed by atoms with Gasteiger partial charge in [-0.3, -0.25) is 9.59 Å². The van der Waals surface area contributed by atoms with Crippen molar-refractivity contribution in [1.82, 2.24) is 0 Å². The number of fused-ring (bicyclic) bond motifs is 3. The standard InChI is InChI=1S/C22H13NO2/c23-13-15-6-3-5-14(11-15)12-20(24)19-10-4-9-17-16-7-1-2-8-18(16)22(25)21(17)19/h1-11H,12H2. The Morgan fingerprint density at radius 3 is 2.40 bits per heavy atom. The predicted molar refractivity (Wildman–Crippen MR) is 94.5 cm³/mol. The molecule has 0 saturated heterocycles. The Kier molecular flexibility index (Phi) is 3.52. The Bertz CT molecular complexity index is 1070. The summed E-state index contributed by atoms with van der Waals surface area (Å²) in [7, 11) is 0. The number of nitriles is 1. The maximum absolute atomic E-state index is 12.8. The van der Waals surface area contributed by atoms with Crippen LogP contribution >= 0.6 is 0 Å². The molecule has 3 nitrogen and oxygen atoms in total. The molecule has 0 unspecified atom stereocenters. The van der Waals surface area contributed by atoms with E-state index >= 15 is 0 Å². The third kappa shape index (κ3) is 2.45. The second-order valence-electron chi connectivity index (χ2n) is 6.01. The minimum atomic E-state index is -0.118. The molecule has 3 aromatic carbocycles. The quantitative estimate of drug-likeness (QED) is 0.531. The number of carbonyl (C=O) groups is 2. The van der Waals surface area contributed by atoms with Gasteiger partial charge in [-0.05, 0) is 28.8 Å². The van der Waals surface area contributed by atoms with Crippen LogP contribution in [0.1, 0.15) is 37.4 Å². The summed E-state index contributed by atoms with van der Waals surface area (Å²) in [5.41, 5.74) is 4.56. The number of nitrogens with zero attached hydrogens (tertiary/aromatic N) is 1. The van der Waals surface area contributed by atoms with Crippen molar-refractivity contribution < 1.29 is 9.59 Å². The fourth-order valence-electron chi connectivity index (χ4n) is 3.34. The van der Waals surface area contributed by atoms with Crippen molar-refractivity contribution in [1.29, 1.82) is 5.26 Å². The SMILES string of the molecule is N#Cc1cccc(CC(=O)c2cccc3c2C(=O)c2ccccc2-3)c1. The molecule has 0 spiro atoms. The first-order chi connectivity index (χ1) is 12.2. The van der Waals surface area contributed by atoms with Crippen LogP contribution in [-0.2, 0) is 6.42 Å². The molecule has 0 amide bonds. The van der Waals surface area contributed by atoms with Crippen LogP contribution in [0.25, 0.3) is 11.1 Å². The van der Waals surface area contributed by atoms with Crippen LogP contribution < -0.4 is 0 Å². The zero-order chi connectivity index (χ0) is 17.4. The molecule has 0 aromatic heterocycles. The lowest BCUT2D eigenvalue weighted by Crippen LogP contribution is -2.10. The van der Waals surface area contributed by atoms with E-state index in [9.17, 15) is 9.59 Å². The molecule has 0 bridgehead atoms. The highest BCUT2D eigenvalue weighted by Crippen LogP contribution is 2.38. The second-order valence-corrected chi connectivity index (χ2v) is 6.01. The van der Waals surface area contributed by atoms with Gasteiger partial charge < -0.3 is 0 Å². The highest BCUT2D eigenvalue weighted by atomic mass is 16.1. The molecule has 4 rings (SSSR count). The molecule has 0 saturated carbocycles. The summed E-state index contributed by atoms with van der Waals surface area (Å²) in [6, 6.07) is 21.9. The van der Waals surface area contributed by atoms with Crippen molar-refractivity contribution in [3.63, 3.8) is 0 Å². The first-order valence-electron chi connectivity index (χ1n) is 7.98. The van der Waals surface area contributed by atoms with E-state index in [2.05, 4.69) is 6.07 Å². The Labute approximate surface area is 145 Å². The zero-order valence-corrected chi connectivity index (χ0v) is 13.3. The number of ketones is 2. The van der Waals surface area contributed by atoms with Gasteiger partial charge in [-0.1, -0.05) is 54.6 Å². The molecular formula is C22H13NO2. The van der Waals surface area contributed by atoms with Gasteiger partial charge in [-0.2, -0.15) is 5.26 Å². The summed E-state index contributed by atoms with van der Waals surface area (Å²) < 4.78 is 0.